The van der Waals surface area contributed by atoms with Crippen LogP contribution in [0.2, 0.25) is 0 Å². The largest absolute Gasteiger partial charge is 0.391 e. The highest BCUT2D eigenvalue weighted by Gasteiger charge is 2.44. The summed E-state index contributed by atoms with van der Waals surface area (Å²) in [6, 6.07) is 6.30. The van der Waals surface area contributed by atoms with Crippen LogP contribution in [-0.4, -0.2) is 64.0 Å². The number of β-amino-alcohol motifs (C(OH)–C–C–N with tert-alkyl or cyclic N) is 1. The smallest absolute Gasteiger partial charge is 0.246 e. The summed E-state index contributed by atoms with van der Waals surface area (Å²) in [6.07, 6.45) is 7.72. The molecule has 3 atom stereocenters. The summed E-state index contributed by atoms with van der Waals surface area (Å²) in [4.78, 5) is 49.6. The number of carbonyl (C=O) groups is 3. The molecule has 3 N–H and O–H groups in total. The van der Waals surface area contributed by atoms with Gasteiger partial charge < -0.3 is 20.6 Å². The number of aromatic nitrogens is 1. The predicted octanol–water partition coefficient (Wildman–Crippen LogP) is 6.05. The number of nitrogens with one attached hydrogen (secondary N) is 2. The number of aryl methyl sites for hydroxylation is 1. The molecule has 3 rings (SSSR count). The number of azide groups is 1. The van der Waals surface area contributed by atoms with E-state index in [0.717, 1.165) is 73.1 Å². The Labute approximate surface area is 270 Å². The maximum absolute atomic E-state index is 13.8. The lowest BCUT2D eigenvalue weighted by Gasteiger charge is -2.35. The monoisotopic (exact) mass is 639 g/mol. The molecule has 2 heterocycles. The van der Waals surface area contributed by atoms with Gasteiger partial charge in [-0.05, 0) is 41.8 Å². The van der Waals surface area contributed by atoms with E-state index < -0.39 is 23.6 Å². The molecule has 3 amide bonds. The molecule has 1 saturated heterocycles. The van der Waals surface area contributed by atoms with Crippen molar-refractivity contribution in [3.63, 3.8) is 0 Å². The topological polar surface area (TPSA) is 160 Å². The lowest BCUT2D eigenvalue weighted by molar-refractivity contribution is -0.144. The molecule has 0 saturated carbocycles. The third kappa shape index (κ3) is 11.4. The van der Waals surface area contributed by atoms with Crippen molar-refractivity contribution < 1.29 is 19.5 Å². The number of rotatable bonds is 17. The second kappa shape index (κ2) is 17.9. The summed E-state index contributed by atoms with van der Waals surface area (Å²) in [7, 11) is 0. The van der Waals surface area contributed by atoms with Gasteiger partial charge in [0.15, 0.2) is 0 Å². The minimum atomic E-state index is -0.821. The van der Waals surface area contributed by atoms with Crippen LogP contribution < -0.4 is 10.6 Å². The predicted molar refractivity (Wildman–Crippen MR) is 177 cm³/mol. The molecule has 1 fully saturated rings. The minimum Gasteiger partial charge on any atom is -0.391 e. The Morgan fingerprint density at radius 2 is 1.73 bits per heavy atom. The number of hydrogen-bond donors (Lipinski definition) is 3. The number of nitrogens with zero attached hydrogens (tertiary/aromatic N) is 5. The van der Waals surface area contributed by atoms with Gasteiger partial charge in [0, 0.05) is 37.4 Å². The maximum Gasteiger partial charge on any atom is 0.246 e. The van der Waals surface area contributed by atoms with E-state index in [2.05, 4.69) is 25.6 Å². The zero-order chi connectivity index (χ0) is 32.8. The molecule has 1 aromatic heterocycles. The lowest BCUT2D eigenvalue weighted by Crippen LogP contribution is -2.57. The van der Waals surface area contributed by atoms with Gasteiger partial charge in [0.2, 0.25) is 17.7 Å². The van der Waals surface area contributed by atoms with Gasteiger partial charge in [0.1, 0.15) is 12.1 Å². The molecule has 1 aliphatic rings. The lowest BCUT2D eigenvalue weighted by atomic mass is 9.85. The number of unbranched alkanes of at least 4 members (excludes halogenated alkanes) is 7. The minimum absolute atomic E-state index is 0.0494. The van der Waals surface area contributed by atoms with Gasteiger partial charge in [-0.2, -0.15) is 0 Å². The number of likely N-dealkylation sites (tertiary alicyclic amines) is 1. The summed E-state index contributed by atoms with van der Waals surface area (Å²) in [5.41, 5.74) is 12.5. The molecule has 2 aromatic rings. The molecule has 246 valence electrons. The third-order valence-corrected chi connectivity index (χ3v) is 9.16. The number of thiazole rings is 1. The highest BCUT2D eigenvalue weighted by Crippen LogP contribution is 2.28. The highest BCUT2D eigenvalue weighted by molar-refractivity contribution is 7.13. The number of aliphatic hydroxyl groups is 1. The van der Waals surface area contributed by atoms with E-state index in [0.29, 0.717) is 19.5 Å². The van der Waals surface area contributed by atoms with E-state index in [1.54, 1.807) is 11.3 Å². The second-order valence-electron chi connectivity index (χ2n) is 13.0. The molecule has 1 aromatic carbocycles. The first kappa shape index (κ1) is 36.0. The molecule has 1 aliphatic heterocycles. The average molecular weight is 640 g/mol. The molecular formula is C33H49N7O4S. The van der Waals surface area contributed by atoms with Crippen LogP contribution in [0.25, 0.3) is 20.9 Å². The standard InChI is InChI=1S/C33H49N7O4S/c1-23-29(45-22-36-23)25-16-14-24(15-17-25)20-35-31(43)27-19-26(41)21-40(27)32(44)30(33(2,3)4)38-28(42)13-11-9-7-5-6-8-10-12-18-37-39-34/h14-17,22,26-27,30,41H,5-13,18-21H2,1-4H3,(H,35,43)(H,38,42)/t26-,27+,30-/m1/s1. The van der Waals surface area contributed by atoms with Crippen LogP contribution in [0.5, 0.6) is 0 Å². The third-order valence-electron chi connectivity index (χ3n) is 8.19. The van der Waals surface area contributed by atoms with Gasteiger partial charge >= 0.3 is 0 Å². The van der Waals surface area contributed by atoms with Crippen molar-refractivity contribution in [2.45, 2.75) is 117 Å². The second-order valence-corrected chi connectivity index (χ2v) is 13.8. The van der Waals surface area contributed by atoms with Crippen molar-refractivity contribution in [3.05, 3.63) is 51.5 Å². The zero-order valence-corrected chi connectivity index (χ0v) is 27.9. The van der Waals surface area contributed by atoms with Gasteiger partial charge in [-0.3, -0.25) is 14.4 Å². The summed E-state index contributed by atoms with van der Waals surface area (Å²) >= 11 is 1.59. The van der Waals surface area contributed by atoms with Crippen LogP contribution in [0.15, 0.2) is 34.9 Å². The first-order valence-electron chi connectivity index (χ1n) is 16.1. The highest BCUT2D eigenvalue weighted by atomic mass is 32.1. The van der Waals surface area contributed by atoms with Crippen molar-refractivity contribution in [2.75, 3.05) is 13.1 Å². The molecule has 11 nitrogen and oxygen atoms in total. The molecular weight excluding hydrogens is 590 g/mol. The number of carbonyl (C=O) groups excluding carboxylic acids is 3. The van der Waals surface area contributed by atoms with E-state index in [1.165, 1.54) is 4.90 Å². The maximum atomic E-state index is 13.8. The summed E-state index contributed by atoms with van der Waals surface area (Å²) in [5, 5.41) is 19.9. The molecule has 0 bridgehead atoms. The number of aliphatic hydroxyl groups excluding tert-OH is 1. The molecule has 0 unspecified atom stereocenters. The van der Waals surface area contributed by atoms with Gasteiger partial charge in [-0.25, -0.2) is 4.98 Å². The van der Waals surface area contributed by atoms with Gasteiger partial charge in [0.25, 0.3) is 0 Å². The summed E-state index contributed by atoms with van der Waals surface area (Å²) in [6.45, 7) is 8.55. The van der Waals surface area contributed by atoms with Crippen LogP contribution in [0.1, 0.15) is 96.2 Å². The Morgan fingerprint density at radius 3 is 2.33 bits per heavy atom. The van der Waals surface area contributed by atoms with E-state index in [1.807, 2.05) is 57.5 Å². The SMILES string of the molecule is Cc1ncsc1-c1ccc(CNC(=O)[C@@H]2C[C@@H](O)CN2C(=O)[C@@H](NC(=O)CCCCCCCCCCN=[N+]=[N-])C(C)(C)C)cc1. The average Bonchev–Trinajstić information content (AvgIpc) is 3.62. The quantitative estimate of drug-likeness (QED) is 0.0830. The number of benzene rings is 1. The van der Waals surface area contributed by atoms with E-state index in [9.17, 15) is 19.5 Å². The van der Waals surface area contributed by atoms with Crippen LogP contribution in [0.3, 0.4) is 0 Å². The fraction of sp³-hybridized carbons (Fsp3) is 0.636. The Morgan fingerprint density at radius 1 is 1.09 bits per heavy atom. The van der Waals surface area contributed by atoms with Crippen molar-refractivity contribution in [1.29, 1.82) is 0 Å². The van der Waals surface area contributed by atoms with Gasteiger partial charge in [-0.1, -0.05) is 88.7 Å². The first-order chi connectivity index (χ1) is 21.5. The molecule has 45 heavy (non-hydrogen) atoms. The van der Waals surface area contributed by atoms with Crippen LogP contribution in [0.4, 0.5) is 0 Å². The first-order valence-corrected chi connectivity index (χ1v) is 16.9. The Kier molecular flexibility index (Phi) is 14.3. The van der Waals surface area contributed by atoms with Gasteiger partial charge in [0.05, 0.1) is 22.2 Å². The van der Waals surface area contributed by atoms with Crippen molar-refractivity contribution in [3.8, 4) is 10.4 Å². The van der Waals surface area contributed by atoms with E-state index in [4.69, 9.17) is 5.53 Å². The Hall–Kier alpha value is -3.47. The van der Waals surface area contributed by atoms with E-state index >= 15 is 0 Å². The summed E-state index contributed by atoms with van der Waals surface area (Å²) < 4.78 is 0. The Balaban J connectivity index is 1.48. The normalized spacial score (nSPS) is 17.0. The molecule has 0 aliphatic carbocycles. The van der Waals surface area contributed by atoms with Crippen molar-refractivity contribution in [2.24, 2.45) is 10.5 Å². The van der Waals surface area contributed by atoms with Crippen LogP contribution in [0, 0.1) is 12.3 Å². The fourth-order valence-corrected chi connectivity index (χ4v) is 6.40. The Bertz CT molecular complexity index is 1300. The molecule has 0 spiro atoms. The summed E-state index contributed by atoms with van der Waals surface area (Å²) in [5.74, 6) is -0.853. The van der Waals surface area contributed by atoms with Gasteiger partial charge in [-0.15, -0.1) is 11.3 Å². The molecule has 12 heteroatoms. The fourth-order valence-electron chi connectivity index (χ4n) is 5.59. The van der Waals surface area contributed by atoms with Crippen molar-refractivity contribution >= 4 is 29.1 Å². The number of hydrogen-bond acceptors (Lipinski definition) is 7. The molecule has 0 radical (unpaired) electrons. The van der Waals surface area contributed by atoms with Crippen LogP contribution in [-0.2, 0) is 20.9 Å². The van der Waals surface area contributed by atoms with Crippen LogP contribution >= 0.6 is 11.3 Å². The zero-order valence-electron chi connectivity index (χ0n) is 27.1. The number of amides is 3. The van der Waals surface area contributed by atoms with Crippen molar-refractivity contribution in [1.82, 2.24) is 20.5 Å². The van der Waals surface area contributed by atoms with E-state index in [-0.39, 0.29) is 30.7 Å².